The maximum Gasteiger partial charge on any atom is 0.364 e. The highest BCUT2D eigenvalue weighted by Gasteiger charge is 2.61. The van der Waals surface area contributed by atoms with Gasteiger partial charge in [-0.25, -0.2) is 4.79 Å². The number of carbonyl (C=O) groups is 4. The number of amides is 3. The molecule has 5 aliphatic rings. The Balaban J connectivity index is 1.24. The fraction of sp³-hybridized carbons (Fsp3) is 0.895. The van der Waals surface area contributed by atoms with Gasteiger partial charge >= 0.3 is 5.97 Å². The molecule has 0 aromatic carbocycles. The molecule has 28 atom stereocenters. The van der Waals surface area contributed by atoms with Crippen LogP contribution in [-0.2, 0) is 66.5 Å². The molecular weight excluding hydrogens is 1220 g/mol. The van der Waals surface area contributed by atoms with Crippen molar-refractivity contribution < 1.29 is 153 Å². The van der Waals surface area contributed by atoms with Gasteiger partial charge in [-0.2, -0.15) is 0 Å². The van der Waals surface area contributed by atoms with Gasteiger partial charge in [0, 0.05) is 27.2 Å². The molecule has 3 amide bonds. The summed E-state index contributed by atoms with van der Waals surface area (Å²) in [5, 5.41) is 193. The smallest absolute Gasteiger partial charge is 0.364 e. The third-order valence-electron chi connectivity index (χ3n) is 16.6. The van der Waals surface area contributed by atoms with Crippen molar-refractivity contribution in [1.29, 1.82) is 0 Å². The van der Waals surface area contributed by atoms with E-state index in [1.807, 2.05) is 0 Å². The maximum atomic E-state index is 13.0. The van der Waals surface area contributed by atoms with Gasteiger partial charge in [0.05, 0.1) is 63.9 Å². The number of nitrogens with one attached hydrogen (secondary N) is 3. The number of carboxylic acid groups (broad SMARTS) is 1. The number of ether oxygens (including phenoxy) is 10. The number of hydrogen-bond donors (Lipinski definition) is 20. The van der Waals surface area contributed by atoms with Crippen molar-refractivity contribution in [3.05, 3.63) is 12.2 Å². The van der Waals surface area contributed by atoms with Gasteiger partial charge in [-0.3, -0.25) is 14.4 Å². The largest absolute Gasteiger partial charge is 0.477 e. The van der Waals surface area contributed by atoms with Crippen molar-refractivity contribution in [2.45, 2.75) is 282 Å². The minimum Gasteiger partial charge on any atom is -0.477 e. The van der Waals surface area contributed by atoms with Gasteiger partial charge in [0.2, 0.25) is 17.7 Å². The van der Waals surface area contributed by atoms with Crippen molar-refractivity contribution in [3.63, 3.8) is 0 Å². The Labute approximate surface area is 525 Å². The molecule has 34 nitrogen and oxygen atoms in total. The number of carbonyl (C=O) groups excluding carboxylic acids is 3. The molecule has 0 aromatic heterocycles. The van der Waals surface area contributed by atoms with Crippen LogP contribution in [-0.4, -0.2) is 321 Å². The molecule has 0 saturated carbocycles. The Morgan fingerprint density at radius 3 is 1.52 bits per heavy atom. The lowest BCUT2D eigenvalue weighted by molar-refractivity contribution is -0.390. The first-order valence-corrected chi connectivity index (χ1v) is 31.0. The lowest BCUT2D eigenvalue weighted by atomic mass is 9.88. The Morgan fingerprint density at radius 1 is 0.549 bits per heavy atom. The number of aliphatic hydroxyl groups is 16. The molecule has 0 bridgehead atoms. The van der Waals surface area contributed by atoms with Crippen LogP contribution in [0.5, 0.6) is 0 Å². The van der Waals surface area contributed by atoms with E-state index in [4.69, 9.17) is 47.4 Å². The first kappa shape index (κ1) is 78.3. The summed E-state index contributed by atoms with van der Waals surface area (Å²) >= 11 is 0. The Hall–Kier alpha value is -3.42. The zero-order chi connectivity index (χ0) is 67.4. The summed E-state index contributed by atoms with van der Waals surface area (Å²) < 4.78 is 57.8. The van der Waals surface area contributed by atoms with Crippen molar-refractivity contribution in [1.82, 2.24) is 16.0 Å². The number of hydrogen-bond acceptors (Lipinski definition) is 30. The quantitative estimate of drug-likeness (QED) is 0.0205. The van der Waals surface area contributed by atoms with E-state index in [2.05, 4.69) is 22.9 Å². The van der Waals surface area contributed by atoms with Crippen LogP contribution in [0.3, 0.4) is 0 Å². The van der Waals surface area contributed by atoms with E-state index in [1.54, 1.807) is 6.08 Å². The van der Waals surface area contributed by atoms with Crippen LogP contribution in [0.25, 0.3) is 0 Å². The summed E-state index contributed by atoms with van der Waals surface area (Å²) in [5.41, 5.74) is 0. The SMILES string of the molecule is CCCCCCCCCCCCC/C=C\C(O)C(COC1OC(CO)C(OC2OC(CO)C(OC3OC(CO)C(OC4OC(CO)C(O)C(OC5(C(=O)O)CC(O)C(NC(C)=O)C(C(O)C(O)CO)O5)C4O)C(O)C3NC(C)=O)C(O)C2O)C(O)C1O)NC(C)=O. The predicted octanol–water partition coefficient (Wildman–Crippen LogP) is -7.28. The van der Waals surface area contributed by atoms with Crippen molar-refractivity contribution in [2.24, 2.45) is 0 Å². The predicted molar refractivity (Wildman–Crippen MR) is 304 cm³/mol. The number of rotatable bonds is 36. The van der Waals surface area contributed by atoms with E-state index in [1.165, 1.54) is 57.9 Å². The fourth-order valence-electron chi connectivity index (χ4n) is 11.7. The molecule has 0 aromatic rings. The molecule has 0 radical (unpaired) electrons. The average molecular weight is 1320 g/mol. The van der Waals surface area contributed by atoms with Crippen molar-refractivity contribution in [3.8, 4) is 0 Å². The van der Waals surface area contributed by atoms with Gasteiger partial charge in [0.15, 0.2) is 25.2 Å². The summed E-state index contributed by atoms with van der Waals surface area (Å²) in [6.45, 7) is -0.362. The third kappa shape index (κ3) is 21.0. The molecule has 28 unspecified atom stereocenters. The van der Waals surface area contributed by atoms with Crippen LogP contribution in [0.4, 0.5) is 0 Å². The van der Waals surface area contributed by atoms with Crippen LogP contribution in [0, 0.1) is 0 Å². The van der Waals surface area contributed by atoms with Crippen LogP contribution >= 0.6 is 0 Å². The summed E-state index contributed by atoms with van der Waals surface area (Å²) in [5.74, 6) is -7.46. The summed E-state index contributed by atoms with van der Waals surface area (Å²) in [6, 6.07) is -4.54. The summed E-state index contributed by atoms with van der Waals surface area (Å²) in [6.07, 6.45) is -31.6. The zero-order valence-electron chi connectivity index (χ0n) is 51.5. The molecule has 0 aliphatic carbocycles. The van der Waals surface area contributed by atoms with Gasteiger partial charge < -0.3 is 150 Å². The van der Waals surface area contributed by atoms with Crippen molar-refractivity contribution >= 4 is 23.7 Å². The molecule has 5 rings (SSSR count). The molecule has 34 heteroatoms. The maximum absolute atomic E-state index is 13.0. The van der Waals surface area contributed by atoms with Gasteiger partial charge in [-0.15, -0.1) is 0 Å². The lowest BCUT2D eigenvalue weighted by Gasteiger charge is -2.51. The van der Waals surface area contributed by atoms with Crippen molar-refractivity contribution in [2.75, 3.05) is 39.6 Å². The van der Waals surface area contributed by atoms with Crippen LogP contribution < -0.4 is 16.0 Å². The molecule has 0 spiro atoms. The average Bonchev–Trinajstić information content (AvgIpc) is 0.801. The van der Waals surface area contributed by atoms with Gasteiger partial charge in [-0.1, -0.05) is 83.3 Å². The molecule has 91 heavy (non-hydrogen) atoms. The highest BCUT2D eigenvalue weighted by Crippen LogP contribution is 2.40. The van der Waals surface area contributed by atoms with Gasteiger partial charge in [-0.05, 0) is 12.8 Å². The van der Waals surface area contributed by atoms with E-state index < -0.39 is 241 Å². The van der Waals surface area contributed by atoms with E-state index in [0.29, 0.717) is 6.42 Å². The zero-order valence-corrected chi connectivity index (χ0v) is 51.5. The highest BCUT2D eigenvalue weighted by molar-refractivity contribution is 5.77. The summed E-state index contributed by atoms with van der Waals surface area (Å²) in [7, 11) is 0. The van der Waals surface area contributed by atoms with Gasteiger partial charge in [0.25, 0.3) is 5.79 Å². The normalized spacial score (nSPS) is 38.6. The second kappa shape index (κ2) is 37.8. The number of allylic oxidation sites excluding steroid dienone is 1. The Bertz CT molecular complexity index is 2210. The van der Waals surface area contributed by atoms with Crippen LogP contribution in [0.1, 0.15) is 111 Å². The van der Waals surface area contributed by atoms with E-state index >= 15 is 0 Å². The molecule has 528 valence electrons. The summed E-state index contributed by atoms with van der Waals surface area (Å²) in [4.78, 5) is 49.9. The number of unbranched alkanes of at least 4 members (excludes halogenated alkanes) is 11. The first-order valence-electron chi connectivity index (χ1n) is 31.0. The molecule has 20 N–H and O–H groups in total. The monoisotopic (exact) mass is 1320 g/mol. The minimum absolute atomic E-state index is 0.458. The van der Waals surface area contributed by atoms with Gasteiger partial charge in [0.1, 0.15) is 116 Å². The lowest BCUT2D eigenvalue weighted by Crippen LogP contribution is -2.71. The number of aliphatic hydroxyl groups excluding tert-OH is 16. The standard InChI is InChI=1S/C57H99N3O31/c1-5-6-7-8-9-10-11-12-13-14-15-16-17-18-30(69)29(58-26(2)66)25-82-53-44(77)42(75)49(35(23-64)85-53)89-54-45(78)43(76)48(36(24-65)86-54)87-52-38(60-28(4)68)41(74)47(34(22-63)84-52)88-55-46(79)51(40(73)33(21-62)83-55)91-57(56(80)81)19-31(70)37(59-27(3)67)50(90-57)39(72)32(71)20-61/h17-18,29-55,61-65,69-79H,5-16,19-25H2,1-4H3,(H,58,66)(H,59,67)(H,60,68)(H,80,81)/b18-17-. The topological polar surface area (TPSA) is 541 Å². The fourth-order valence-corrected chi connectivity index (χ4v) is 11.7. The van der Waals surface area contributed by atoms with E-state index in [-0.39, 0.29) is 0 Å². The molecule has 5 saturated heterocycles. The third-order valence-corrected chi connectivity index (χ3v) is 16.6. The van der Waals surface area contributed by atoms with E-state index in [0.717, 1.165) is 39.5 Å². The van der Waals surface area contributed by atoms with Crippen LogP contribution in [0.2, 0.25) is 0 Å². The second-order valence-electron chi connectivity index (χ2n) is 23.7. The molecular formula is C57H99N3O31. The first-order chi connectivity index (χ1) is 43.2. The second-order valence-corrected chi connectivity index (χ2v) is 23.7. The highest BCUT2D eigenvalue weighted by atomic mass is 16.8. The van der Waals surface area contributed by atoms with Crippen LogP contribution in [0.15, 0.2) is 12.2 Å². The molecule has 5 aliphatic heterocycles. The Morgan fingerprint density at radius 2 is 1.01 bits per heavy atom. The molecule has 5 heterocycles. The Kier molecular flexibility index (Phi) is 32.5. The number of carboxylic acids is 1. The number of aliphatic carboxylic acids is 1. The minimum atomic E-state index is -3.18. The van der Waals surface area contributed by atoms with E-state index in [9.17, 15) is 106 Å². The molecule has 5 fully saturated rings.